The number of carbonyl (C=O) groups is 3. The Kier molecular flexibility index (Phi) is 10.4. The van der Waals surface area contributed by atoms with Crippen molar-refractivity contribution in [1.29, 1.82) is 0 Å². The van der Waals surface area contributed by atoms with Gasteiger partial charge in [0.15, 0.2) is 11.4 Å². The van der Waals surface area contributed by atoms with Crippen LogP contribution in [-0.2, 0) is 9.59 Å². The summed E-state index contributed by atoms with van der Waals surface area (Å²) in [4.78, 5) is 42.0. The van der Waals surface area contributed by atoms with E-state index in [0.29, 0.717) is 17.5 Å². The number of methoxy groups -OCH3 is 1. The predicted molar refractivity (Wildman–Crippen MR) is 160 cm³/mol. The van der Waals surface area contributed by atoms with E-state index in [4.69, 9.17) is 9.47 Å². The summed E-state index contributed by atoms with van der Waals surface area (Å²) < 4.78 is 10.4. The summed E-state index contributed by atoms with van der Waals surface area (Å²) >= 11 is 0. The Bertz CT molecular complexity index is 1370. The molecule has 1 aromatic heterocycles. The number of hydrogen-bond acceptors (Lipinski definition) is 6. The van der Waals surface area contributed by atoms with E-state index in [1.807, 2.05) is 6.92 Å². The molecule has 1 atom stereocenters. The number of carbonyl (C=O) groups excluding carboxylic acids is 3. The van der Waals surface area contributed by atoms with Gasteiger partial charge in [0.1, 0.15) is 6.04 Å². The van der Waals surface area contributed by atoms with Gasteiger partial charge in [-0.25, -0.2) is 4.98 Å². The molecule has 8 nitrogen and oxygen atoms in total. The molecule has 2 amide bonds. The van der Waals surface area contributed by atoms with Gasteiger partial charge in [-0.3, -0.25) is 14.4 Å². The number of nitrogens with one attached hydrogen (secondary N) is 2. The van der Waals surface area contributed by atoms with Gasteiger partial charge in [-0.05, 0) is 47.9 Å². The van der Waals surface area contributed by atoms with Crippen LogP contribution in [0.1, 0.15) is 93.0 Å². The summed E-state index contributed by atoms with van der Waals surface area (Å²) in [6.07, 6.45) is 1.36. The molecule has 0 bridgehead atoms. The number of aromatic nitrogens is 1. The lowest BCUT2D eigenvalue weighted by Gasteiger charge is -2.19. The van der Waals surface area contributed by atoms with E-state index < -0.39 is 23.8 Å². The molecule has 3 aromatic rings. The van der Waals surface area contributed by atoms with Crippen molar-refractivity contribution in [2.45, 2.75) is 66.3 Å². The summed E-state index contributed by atoms with van der Waals surface area (Å²) in [5, 5.41) is 5.61. The number of benzene rings is 2. The third-order valence-corrected chi connectivity index (χ3v) is 6.71. The average molecular weight is 558 g/mol. The zero-order valence-electron chi connectivity index (χ0n) is 25.0. The maximum atomic E-state index is 13.3. The predicted octanol–water partition coefficient (Wildman–Crippen LogP) is 5.98. The van der Waals surface area contributed by atoms with Crippen molar-refractivity contribution in [3.8, 4) is 11.5 Å². The lowest BCUT2D eigenvalue weighted by atomic mass is 9.92. The average Bonchev–Trinajstić information content (AvgIpc) is 2.93. The van der Waals surface area contributed by atoms with Crippen LogP contribution in [0.5, 0.6) is 11.5 Å². The van der Waals surface area contributed by atoms with Gasteiger partial charge in [0.2, 0.25) is 11.7 Å². The Morgan fingerprint density at radius 1 is 0.780 bits per heavy atom. The van der Waals surface area contributed by atoms with Gasteiger partial charge in [0, 0.05) is 30.5 Å². The Balaban J connectivity index is 1.90. The van der Waals surface area contributed by atoms with E-state index in [-0.39, 0.29) is 17.2 Å². The van der Waals surface area contributed by atoms with Crippen molar-refractivity contribution >= 4 is 23.4 Å². The molecule has 3 rings (SSSR count). The van der Waals surface area contributed by atoms with Crippen LogP contribution < -0.4 is 20.1 Å². The molecule has 0 saturated carbocycles. The van der Waals surface area contributed by atoms with Gasteiger partial charge in [-0.15, -0.1) is 0 Å². The van der Waals surface area contributed by atoms with Crippen LogP contribution in [0.25, 0.3) is 5.57 Å². The van der Waals surface area contributed by atoms with E-state index in [1.165, 1.54) is 37.4 Å². The van der Waals surface area contributed by atoms with E-state index in [0.717, 1.165) is 16.7 Å². The standard InChI is InChI=1S/C33H39N3O5/c1-19(2)24-9-13-26(14-10-24)29(27-15-11-25(12-16-27)20(3)4)21(5)35-32(38)22(6)36-33(39)30-31(41-23(7)37)28(40-8)17-18-34-30/h9-20,22H,1-8H3,(H,35,38)(H,36,39)/t22-/m0/s1. The highest BCUT2D eigenvalue weighted by Gasteiger charge is 2.24. The van der Waals surface area contributed by atoms with Gasteiger partial charge >= 0.3 is 5.97 Å². The number of rotatable bonds is 10. The van der Waals surface area contributed by atoms with Gasteiger partial charge < -0.3 is 20.1 Å². The lowest BCUT2D eigenvalue weighted by Crippen LogP contribution is -2.44. The maximum absolute atomic E-state index is 13.3. The fourth-order valence-corrected chi connectivity index (χ4v) is 4.35. The molecule has 0 aliphatic rings. The van der Waals surface area contributed by atoms with E-state index >= 15 is 0 Å². The van der Waals surface area contributed by atoms with Crippen LogP contribution >= 0.6 is 0 Å². The Labute approximate surface area is 242 Å². The van der Waals surface area contributed by atoms with Gasteiger partial charge in [-0.2, -0.15) is 0 Å². The van der Waals surface area contributed by atoms with E-state index in [2.05, 4.69) is 91.8 Å². The molecular formula is C33H39N3O5. The van der Waals surface area contributed by atoms with Gasteiger partial charge in [0.25, 0.3) is 5.91 Å². The molecule has 216 valence electrons. The number of amides is 2. The van der Waals surface area contributed by atoms with Crippen LogP contribution in [0.2, 0.25) is 0 Å². The third-order valence-electron chi connectivity index (χ3n) is 6.71. The largest absolute Gasteiger partial charge is 0.493 e. The Morgan fingerprint density at radius 3 is 1.73 bits per heavy atom. The third kappa shape index (κ3) is 7.81. The molecule has 0 spiro atoms. The molecule has 0 unspecified atom stereocenters. The molecule has 1 heterocycles. The first-order valence-electron chi connectivity index (χ1n) is 13.7. The monoisotopic (exact) mass is 557 g/mol. The SMILES string of the molecule is COc1ccnc(C(=O)N[C@@H](C)C(=O)NC(C)=C(c2ccc(C(C)C)cc2)c2ccc(C(C)C)cc2)c1OC(C)=O. The van der Waals surface area contributed by atoms with Crippen LogP contribution in [0.3, 0.4) is 0 Å². The van der Waals surface area contributed by atoms with Crippen molar-refractivity contribution in [1.82, 2.24) is 15.6 Å². The second-order valence-electron chi connectivity index (χ2n) is 10.5. The minimum Gasteiger partial charge on any atom is -0.493 e. The van der Waals surface area contributed by atoms with Gasteiger partial charge in [-0.1, -0.05) is 76.2 Å². The first kappa shape index (κ1) is 31.1. The molecule has 41 heavy (non-hydrogen) atoms. The number of allylic oxidation sites excluding steroid dienone is 1. The maximum Gasteiger partial charge on any atom is 0.308 e. The van der Waals surface area contributed by atoms with Crippen molar-refractivity contribution in [2.75, 3.05) is 7.11 Å². The molecule has 0 aliphatic heterocycles. The second-order valence-corrected chi connectivity index (χ2v) is 10.5. The summed E-state index contributed by atoms with van der Waals surface area (Å²) in [6, 6.07) is 17.2. The minimum atomic E-state index is -0.927. The number of hydrogen-bond donors (Lipinski definition) is 2. The molecule has 0 aliphatic carbocycles. The number of esters is 1. The molecule has 2 N–H and O–H groups in total. The zero-order chi connectivity index (χ0) is 30.3. The first-order valence-corrected chi connectivity index (χ1v) is 13.7. The van der Waals surface area contributed by atoms with Crippen LogP contribution in [-0.4, -0.2) is 35.9 Å². The smallest absolute Gasteiger partial charge is 0.308 e. The number of pyridine rings is 1. The van der Waals surface area contributed by atoms with Gasteiger partial charge in [0.05, 0.1) is 7.11 Å². The number of nitrogens with zero attached hydrogens (tertiary/aromatic N) is 1. The normalized spacial score (nSPS) is 11.6. The fourth-order valence-electron chi connectivity index (χ4n) is 4.35. The fraction of sp³-hybridized carbons (Fsp3) is 0.333. The Hall–Kier alpha value is -4.46. The zero-order valence-corrected chi connectivity index (χ0v) is 25.0. The number of ether oxygens (including phenoxy) is 2. The topological polar surface area (TPSA) is 107 Å². The summed E-state index contributed by atoms with van der Waals surface area (Å²) in [5.41, 5.74) is 5.74. The molecule has 8 heteroatoms. The van der Waals surface area contributed by atoms with Crippen molar-refractivity contribution < 1.29 is 23.9 Å². The summed E-state index contributed by atoms with van der Waals surface area (Å²) in [6.45, 7) is 13.2. The quantitative estimate of drug-likeness (QED) is 0.297. The second kappa shape index (κ2) is 13.7. The van der Waals surface area contributed by atoms with Crippen molar-refractivity contribution in [3.05, 3.63) is 94.4 Å². The molecular weight excluding hydrogens is 518 g/mol. The summed E-state index contributed by atoms with van der Waals surface area (Å²) in [5.74, 6) is -0.873. The van der Waals surface area contributed by atoms with Crippen LogP contribution in [0.15, 0.2) is 66.5 Å². The minimum absolute atomic E-state index is 0.111. The lowest BCUT2D eigenvalue weighted by molar-refractivity contribution is -0.132. The Morgan fingerprint density at radius 2 is 1.29 bits per heavy atom. The van der Waals surface area contributed by atoms with E-state index in [9.17, 15) is 14.4 Å². The van der Waals surface area contributed by atoms with Crippen molar-refractivity contribution in [3.63, 3.8) is 0 Å². The van der Waals surface area contributed by atoms with Crippen LogP contribution in [0, 0.1) is 0 Å². The molecule has 0 fully saturated rings. The first-order chi connectivity index (χ1) is 19.4. The van der Waals surface area contributed by atoms with Crippen molar-refractivity contribution in [2.24, 2.45) is 0 Å². The molecule has 0 saturated heterocycles. The molecule has 2 aromatic carbocycles. The highest BCUT2D eigenvalue weighted by molar-refractivity contribution is 5.99. The van der Waals surface area contributed by atoms with Crippen LogP contribution in [0.4, 0.5) is 0 Å². The summed E-state index contributed by atoms with van der Waals surface area (Å²) in [7, 11) is 1.39. The van der Waals surface area contributed by atoms with E-state index in [1.54, 1.807) is 6.92 Å². The highest BCUT2D eigenvalue weighted by Crippen LogP contribution is 2.31. The molecule has 0 radical (unpaired) electrons. The highest BCUT2D eigenvalue weighted by atomic mass is 16.6.